The minimum absolute atomic E-state index is 0.130. The number of rotatable bonds is 7. The lowest BCUT2D eigenvalue weighted by atomic mass is 10.1. The first kappa shape index (κ1) is 22.3. The number of likely N-dealkylation sites (N-methyl/N-ethyl adjacent to an activating group) is 1. The van der Waals surface area contributed by atoms with Crippen LogP contribution in [-0.4, -0.2) is 34.8 Å². The fraction of sp³-hybridized carbons (Fsp3) is 0.227. The molecule has 0 atom stereocenters. The summed E-state index contributed by atoms with van der Waals surface area (Å²) in [5, 5.41) is 5.84. The zero-order chi connectivity index (χ0) is 21.7. The highest BCUT2D eigenvalue weighted by Crippen LogP contribution is 2.30. The number of para-hydroxylation sites is 1. The molecule has 3 rings (SSSR count). The number of nitrogens with one attached hydrogen (secondary N) is 1. The van der Waals surface area contributed by atoms with Gasteiger partial charge in [0.05, 0.1) is 15.7 Å². The molecule has 2 amide bonds. The number of thiazole rings is 1. The van der Waals surface area contributed by atoms with Gasteiger partial charge in [0.1, 0.15) is 17.2 Å². The van der Waals surface area contributed by atoms with E-state index in [9.17, 15) is 9.59 Å². The van der Waals surface area contributed by atoms with Crippen LogP contribution in [0.1, 0.15) is 29.9 Å². The first-order valence-corrected chi connectivity index (χ1v) is 11.1. The molecule has 1 N–H and O–H groups in total. The van der Waals surface area contributed by atoms with E-state index >= 15 is 0 Å². The molecular weight excluding hydrogens is 441 g/mol. The molecule has 8 heteroatoms. The summed E-state index contributed by atoms with van der Waals surface area (Å²) in [6.45, 7) is 4.14. The van der Waals surface area contributed by atoms with Crippen molar-refractivity contribution in [1.82, 2.24) is 9.88 Å². The zero-order valence-electron chi connectivity index (χ0n) is 16.6. The molecule has 0 saturated heterocycles. The van der Waals surface area contributed by atoms with Gasteiger partial charge in [0, 0.05) is 17.5 Å². The number of amides is 2. The lowest BCUT2D eigenvalue weighted by Crippen LogP contribution is -2.38. The zero-order valence-corrected chi connectivity index (χ0v) is 18.9. The Hall–Kier alpha value is -2.41. The van der Waals surface area contributed by atoms with E-state index in [-0.39, 0.29) is 18.4 Å². The van der Waals surface area contributed by atoms with Crippen LogP contribution in [0.2, 0.25) is 10.0 Å². The van der Waals surface area contributed by atoms with E-state index < -0.39 is 0 Å². The van der Waals surface area contributed by atoms with Crippen LogP contribution in [0.4, 0.5) is 5.69 Å². The molecule has 0 fully saturated rings. The maximum Gasteiger partial charge on any atom is 0.273 e. The fourth-order valence-corrected chi connectivity index (χ4v) is 4.14. The van der Waals surface area contributed by atoms with E-state index in [0.717, 1.165) is 17.0 Å². The molecule has 0 saturated carbocycles. The van der Waals surface area contributed by atoms with Gasteiger partial charge in [0.15, 0.2) is 0 Å². The summed E-state index contributed by atoms with van der Waals surface area (Å²) < 4.78 is 0. The van der Waals surface area contributed by atoms with Gasteiger partial charge in [-0.3, -0.25) is 9.59 Å². The van der Waals surface area contributed by atoms with Crippen molar-refractivity contribution in [2.45, 2.75) is 20.3 Å². The lowest BCUT2D eigenvalue weighted by Gasteiger charge is -2.19. The number of anilines is 1. The number of aromatic nitrogens is 1. The molecule has 0 aliphatic carbocycles. The van der Waals surface area contributed by atoms with Gasteiger partial charge in [-0.05, 0) is 31.0 Å². The lowest BCUT2D eigenvalue weighted by molar-refractivity contribution is -0.116. The second kappa shape index (κ2) is 10.1. The quantitative estimate of drug-likeness (QED) is 0.484. The summed E-state index contributed by atoms with van der Waals surface area (Å²) in [6, 6.07) is 13.1. The third-order valence-electron chi connectivity index (χ3n) is 4.56. The molecule has 0 spiro atoms. The van der Waals surface area contributed by atoms with Gasteiger partial charge in [-0.25, -0.2) is 4.98 Å². The molecule has 0 aliphatic heterocycles. The van der Waals surface area contributed by atoms with Gasteiger partial charge in [0.2, 0.25) is 5.91 Å². The van der Waals surface area contributed by atoms with Gasteiger partial charge in [-0.15, -0.1) is 11.3 Å². The second-order valence-corrected chi connectivity index (χ2v) is 8.23. The Morgan fingerprint density at radius 3 is 2.33 bits per heavy atom. The number of halogens is 2. The summed E-state index contributed by atoms with van der Waals surface area (Å²) >= 11 is 13.6. The van der Waals surface area contributed by atoms with Crippen molar-refractivity contribution >= 4 is 52.0 Å². The van der Waals surface area contributed by atoms with Crippen LogP contribution in [0.3, 0.4) is 0 Å². The van der Waals surface area contributed by atoms with Crippen molar-refractivity contribution in [3.63, 3.8) is 0 Å². The molecule has 0 bridgehead atoms. The van der Waals surface area contributed by atoms with E-state index in [1.165, 1.54) is 21.8 Å². The van der Waals surface area contributed by atoms with Crippen molar-refractivity contribution in [2.24, 2.45) is 0 Å². The van der Waals surface area contributed by atoms with Crippen LogP contribution >= 0.6 is 34.5 Å². The molecule has 30 heavy (non-hydrogen) atoms. The van der Waals surface area contributed by atoms with Gasteiger partial charge >= 0.3 is 0 Å². The van der Waals surface area contributed by atoms with Gasteiger partial charge < -0.3 is 10.2 Å². The Bertz CT molecular complexity index is 1030. The third kappa shape index (κ3) is 5.19. The number of hydrogen-bond donors (Lipinski definition) is 1. The van der Waals surface area contributed by atoms with Crippen LogP contribution in [0.25, 0.3) is 10.6 Å². The maximum atomic E-state index is 12.9. The molecule has 1 aromatic heterocycles. The Balaban J connectivity index is 1.70. The molecule has 3 aromatic rings. The van der Waals surface area contributed by atoms with Crippen molar-refractivity contribution in [1.29, 1.82) is 0 Å². The number of carbonyl (C=O) groups is 2. The number of aryl methyl sites for hydroxylation is 1. The van der Waals surface area contributed by atoms with E-state index in [2.05, 4.69) is 29.4 Å². The van der Waals surface area contributed by atoms with Crippen molar-refractivity contribution in [2.75, 3.05) is 18.4 Å². The van der Waals surface area contributed by atoms with E-state index in [1.54, 1.807) is 23.6 Å². The van der Waals surface area contributed by atoms with Crippen molar-refractivity contribution in [3.8, 4) is 10.6 Å². The van der Waals surface area contributed by atoms with E-state index in [1.807, 2.05) is 19.1 Å². The molecule has 156 valence electrons. The highest BCUT2D eigenvalue weighted by atomic mass is 35.5. The minimum atomic E-state index is -0.384. The van der Waals surface area contributed by atoms with Crippen LogP contribution in [0, 0.1) is 0 Å². The maximum absolute atomic E-state index is 12.9. The number of nitrogens with zero attached hydrogens (tertiary/aromatic N) is 2. The molecule has 0 aliphatic rings. The normalized spacial score (nSPS) is 10.7. The topological polar surface area (TPSA) is 62.3 Å². The predicted octanol–water partition coefficient (Wildman–Crippen LogP) is 5.78. The molecule has 0 radical (unpaired) electrons. The highest BCUT2D eigenvalue weighted by Gasteiger charge is 2.21. The Morgan fingerprint density at radius 2 is 1.73 bits per heavy atom. The molecule has 1 heterocycles. The summed E-state index contributed by atoms with van der Waals surface area (Å²) in [6.07, 6.45) is 0.967. The Morgan fingerprint density at radius 1 is 1.07 bits per heavy atom. The summed E-state index contributed by atoms with van der Waals surface area (Å²) in [5.41, 5.74) is 2.86. The smallest absolute Gasteiger partial charge is 0.273 e. The highest BCUT2D eigenvalue weighted by molar-refractivity contribution is 7.13. The monoisotopic (exact) mass is 461 g/mol. The molecular formula is C22H21Cl2N3O2S. The first-order chi connectivity index (χ1) is 14.4. The first-order valence-electron chi connectivity index (χ1n) is 9.50. The van der Waals surface area contributed by atoms with Gasteiger partial charge in [0.25, 0.3) is 5.91 Å². The van der Waals surface area contributed by atoms with Crippen LogP contribution in [0.15, 0.2) is 47.8 Å². The average molecular weight is 462 g/mol. The van der Waals surface area contributed by atoms with Crippen LogP contribution in [-0.2, 0) is 11.2 Å². The van der Waals surface area contributed by atoms with Crippen molar-refractivity contribution < 1.29 is 9.59 Å². The van der Waals surface area contributed by atoms with Gasteiger partial charge in [-0.1, -0.05) is 60.5 Å². The van der Waals surface area contributed by atoms with Crippen LogP contribution in [0.5, 0.6) is 0 Å². The standard InChI is InChI=1S/C22H21Cl2N3O2S/c1-3-14-8-10-15(11-9-14)21-25-18(13-30-21)22(29)27(4-2)12-19(28)26-20-16(23)6-5-7-17(20)24/h5-11,13H,3-4,12H2,1-2H3,(H,26,28). The summed E-state index contributed by atoms with van der Waals surface area (Å²) in [5.74, 6) is -0.684. The summed E-state index contributed by atoms with van der Waals surface area (Å²) in [4.78, 5) is 31.3. The average Bonchev–Trinajstić information content (AvgIpc) is 3.24. The SMILES string of the molecule is CCc1ccc(-c2nc(C(=O)N(CC)CC(=O)Nc3c(Cl)cccc3Cl)cs2)cc1. The summed E-state index contributed by atoms with van der Waals surface area (Å²) in [7, 11) is 0. The largest absolute Gasteiger partial charge is 0.328 e. The van der Waals surface area contributed by atoms with Gasteiger partial charge in [-0.2, -0.15) is 0 Å². The third-order valence-corrected chi connectivity index (χ3v) is 6.08. The number of carbonyl (C=O) groups excluding carboxylic acids is 2. The molecule has 5 nitrogen and oxygen atoms in total. The predicted molar refractivity (Wildman–Crippen MR) is 124 cm³/mol. The fourth-order valence-electron chi connectivity index (χ4n) is 2.85. The minimum Gasteiger partial charge on any atom is -0.328 e. The molecule has 2 aromatic carbocycles. The van der Waals surface area contributed by atoms with E-state index in [4.69, 9.17) is 23.2 Å². The Labute approximate surface area is 189 Å². The second-order valence-electron chi connectivity index (χ2n) is 6.55. The van der Waals surface area contributed by atoms with Crippen molar-refractivity contribution in [3.05, 3.63) is 69.1 Å². The Kier molecular flexibility index (Phi) is 7.48. The van der Waals surface area contributed by atoms with Crippen LogP contribution < -0.4 is 5.32 Å². The number of hydrogen-bond acceptors (Lipinski definition) is 4. The number of benzene rings is 2. The molecule has 0 unspecified atom stereocenters. The van der Waals surface area contributed by atoms with E-state index in [0.29, 0.717) is 28.0 Å².